The summed E-state index contributed by atoms with van der Waals surface area (Å²) in [6.07, 6.45) is 5.41. The Morgan fingerprint density at radius 3 is 2.80 bits per heavy atom. The zero-order valence-corrected chi connectivity index (χ0v) is 18.6. The summed E-state index contributed by atoms with van der Waals surface area (Å²) in [7, 11) is 0. The molecule has 8 heteroatoms. The Labute approximate surface area is 182 Å². The highest BCUT2D eigenvalue weighted by atomic mass is 32.1. The molecule has 0 radical (unpaired) electrons. The van der Waals surface area contributed by atoms with Gasteiger partial charge in [-0.3, -0.25) is 0 Å². The summed E-state index contributed by atoms with van der Waals surface area (Å²) < 4.78 is 28.9. The Balaban J connectivity index is 0.000000204. The van der Waals surface area contributed by atoms with Gasteiger partial charge in [0.1, 0.15) is 10.6 Å². The van der Waals surface area contributed by atoms with Gasteiger partial charge >= 0.3 is 0 Å². The molecule has 1 fully saturated rings. The number of hydrogen-bond acceptors (Lipinski definition) is 6. The van der Waals surface area contributed by atoms with Gasteiger partial charge in [0, 0.05) is 11.4 Å². The lowest BCUT2D eigenvalue weighted by Crippen LogP contribution is -2.36. The van der Waals surface area contributed by atoms with E-state index in [0.717, 1.165) is 16.9 Å². The molecule has 0 saturated carbocycles. The average molecular weight is 447 g/mol. The number of piperidine rings is 1. The van der Waals surface area contributed by atoms with Crippen molar-refractivity contribution in [2.24, 2.45) is 0 Å². The second-order valence-electron chi connectivity index (χ2n) is 7.37. The third-order valence-electron chi connectivity index (χ3n) is 5.47. The maximum Gasteiger partial charge on any atom is 0.165 e. The maximum absolute atomic E-state index is 14.1. The van der Waals surface area contributed by atoms with Gasteiger partial charge in [0.25, 0.3) is 0 Å². The lowest BCUT2D eigenvalue weighted by atomic mass is 10.0. The fourth-order valence-electron chi connectivity index (χ4n) is 3.76. The van der Waals surface area contributed by atoms with Gasteiger partial charge in [-0.15, -0.1) is 22.7 Å². The van der Waals surface area contributed by atoms with Crippen molar-refractivity contribution in [1.82, 2.24) is 14.9 Å². The van der Waals surface area contributed by atoms with Crippen LogP contribution in [0.3, 0.4) is 0 Å². The van der Waals surface area contributed by atoms with Crippen molar-refractivity contribution in [1.29, 1.82) is 0 Å². The molecule has 1 unspecified atom stereocenters. The van der Waals surface area contributed by atoms with E-state index >= 15 is 0 Å². The molecule has 0 bridgehead atoms. The van der Waals surface area contributed by atoms with Crippen LogP contribution in [0, 0.1) is 11.6 Å². The number of aromatic nitrogens is 2. The molecule has 1 aromatic carbocycles. The first kappa shape index (κ1) is 21.1. The van der Waals surface area contributed by atoms with E-state index in [-0.39, 0.29) is 11.4 Å². The number of thiophene rings is 1. The van der Waals surface area contributed by atoms with Crippen LogP contribution in [0.5, 0.6) is 0 Å². The zero-order valence-electron chi connectivity index (χ0n) is 17.0. The van der Waals surface area contributed by atoms with Crippen LogP contribution in [0.15, 0.2) is 35.3 Å². The van der Waals surface area contributed by atoms with Gasteiger partial charge in [0.15, 0.2) is 5.82 Å². The van der Waals surface area contributed by atoms with Gasteiger partial charge in [0.05, 0.1) is 33.3 Å². The van der Waals surface area contributed by atoms with Crippen LogP contribution in [0.25, 0.3) is 20.4 Å². The molecule has 30 heavy (non-hydrogen) atoms. The molecule has 4 aromatic rings. The van der Waals surface area contributed by atoms with Crippen molar-refractivity contribution in [2.75, 3.05) is 18.4 Å². The minimum Gasteiger partial charge on any atom is -0.350 e. The van der Waals surface area contributed by atoms with E-state index in [1.165, 1.54) is 61.1 Å². The number of anilines is 2. The van der Waals surface area contributed by atoms with Gasteiger partial charge in [0.2, 0.25) is 0 Å². The first-order valence-corrected chi connectivity index (χ1v) is 11.9. The van der Waals surface area contributed by atoms with Gasteiger partial charge in [-0.25, -0.2) is 18.7 Å². The largest absolute Gasteiger partial charge is 0.350 e. The number of nitrogens with one attached hydrogen (secondary N) is 1. The van der Waals surface area contributed by atoms with Crippen LogP contribution >= 0.6 is 22.7 Å². The molecule has 4 nitrogen and oxygen atoms in total. The number of thiazole rings is 1. The summed E-state index contributed by atoms with van der Waals surface area (Å²) >= 11 is 2.77. The van der Waals surface area contributed by atoms with Crippen molar-refractivity contribution in [3.8, 4) is 0 Å². The summed E-state index contributed by atoms with van der Waals surface area (Å²) in [5.41, 5.74) is 2.76. The Morgan fingerprint density at radius 1 is 1.17 bits per heavy atom. The molecule has 3 aromatic heterocycles. The quantitative estimate of drug-likeness (QED) is 0.375. The summed E-state index contributed by atoms with van der Waals surface area (Å²) in [6, 6.07) is 5.60. The summed E-state index contributed by atoms with van der Waals surface area (Å²) in [6.45, 7) is 7.16. The number of likely N-dealkylation sites (tertiary alicyclic amines) is 1. The van der Waals surface area contributed by atoms with Gasteiger partial charge in [-0.05, 0) is 56.4 Å². The predicted molar refractivity (Wildman–Crippen MR) is 123 cm³/mol. The molecule has 0 amide bonds. The first-order valence-electron chi connectivity index (χ1n) is 10.1. The molecular weight excluding hydrogens is 422 g/mol. The van der Waals surface area contributed by atoms with Crippen molar-refractivity contribution in [2.45, 2.75) is 39.2 Å². The smallest absolute Gasteiger partial charge is 0.165 e. The van der Waals surface area contributed by atoms with Crippen molar-refractivity contribution >= 4 is 54.5 Å². The van der Waals surface area contributed by atoms with Crippen molar-refractivity contribution in [3.63, 3.8) is 0 Å². The highest BCUT2D eigenvalue weighted by Gasteiger charge is 2.15. The lowest BCUT2D eigenvalue weighted by molar-refractivity contribution is 0.169. The van der Waals surface area contributed by atoms with E-state index in [0.29, 0.717) is 15.7 Å². The number of nitrogens with zero attached hydrogens (tertiary/aromatic N) is 3. The number of rotatable bonds is 3. The SMILES string of the molecule is CCN1CCCCC1C.Fc1cc2scnc2cc1Nc1c(F)cnc2sccc12. The fraction of sp³-hybridized carbons (Fsp3) is 0.364. The molecule has 5 rings (SSSR count). The molecule has 158 valence electrons. The maximum atomic E-state index is 14.1. The van der Waals surface area contributed by atoms with Gasteiger partial charge in [-0.2, -0.15) is 0 Å². The van der Waals surface area contributed by atoms with Gasteiger partial charge < -0.3 is 10.2 Å². The van der Waals surface area contributed by atoms with Crippen LogP contribution in [-0.2, 0) is 0 Å². The molecular formula is C22H24F2N4S2. The number of fused-ring (bicyclic) bond motifs is 2. The standard InChI is InChI=1S/C14H7F2N3S2.C8H17N/c15-8-3-12-11(18-6-21-12)4-10(8)19-13-7-1-2-20-14(7)17-5-9(13)16;1-3-9-7-5-4-6-8(9)2/h1-6H,(H,17,19);8H,3-7H2,1-2H3. The molecule has 1 atom stereocenters. The van der Waals surface area contributed by atoms with E-state index in [1.807, 2.05) is 5.38 Å². The van der Waals surface area contributed by atoms with Gasteiger partial charge in [-0.1, -0.05) is 13.3 Å². The van der Waals surface area contributed by atoms with Crippen LogP contribution in [0.2, 0.25) is 0 Å². The highest BCUT2D eigenvalue weighted by molar-refractivity contribution is 7.17. The van der Waals surface area contributed by atoms with Crippen LogP contribution in [0.1, 0.15) is 33.1 Å². The Morgan fingerprint density at radius 2 is 2.03 bits per heavy atom. The summed E-state index contributed by atoms with van der Waals surface area (Å²) in [4.78, 5) is 11.4. The average Bonchev–Trinajstić information content (AvgIpc) is 3.40. The van der Waals surface area contributed by atoms with E-state index in [9.17, 15) is 8.78 Å². The molecule has 1 aliphatic rings. The number of hydrogen-bond donors (Lipinski definition) is 1. The second-order valence-corrected chi connectivity index (χ2v) is 9.15. The van der Waals surface area contributed by atoms with E-state index in [1.54, 1.807) is 17.6 Å². The third-order valence-corrected chi connectivity index (χ3v) is 7.09. The van der Waals surface area contributed by atoms with Crippen LogP contribution in [0.4, 0.5) is 20.2 Å². The molecule has 0 aliphatic carbocycles. The number of halogens is 2. The molecule has 1 N–H and O–H groups in total. The first-order chi connectivity index (χ1) is 14.6. The van der Waals surface area contributed by atoms with E-state index in [4.69, 9.17) is 0 Å². The fourth-order valence-corrected chi connectivity index (χ4v) is 5.19. The third kappa shape index (κ3) is 4.45. The predicted octanol–water partition coefficient (Wildman–Crippen LogP) is 6.81. The van der Waals surface area contributed by atoms with Crippen LogP contribution < -0.4 is 5.32 Å². The zero-order chi connectivity index (χ0) is 21.1. The number of pyridine rings is 1. The number of benzene rings is 1. The van der Waals surface area contributed by atoms with E-state index in [2.05, 4.69) is 34.0 Å². The molecule has 4 heterocycles. The summed E-state index contributed by atoms with van der Waals surface area (Å²) in [5.74, 6) is -0.954. The Kier molecular flexibility index (Phi) is 6.55. The molecule has 1 aliphatic heterocycles. The lowest BCUT2D eigenvalue weighted by Gasteiger charge is -2.31. The van der Waals surface area contributed by atoms with E-state index < -0.39 is 11.6 Å². The van der Waals surface area contributed by atoms with Crippen LogP contribution in [-0.4, -0.2) is 34.0 Å². The summed E-state index contributed by atoms with van der Waals surface area (Å²) in [5, 5.41) is 5.29. The monoisotopic (exact) mass is 446 g/mol. The highest BCUT2D eigenvalue weighted by Crippen LogP contribution is 2.33. The minimum atomic E-state index is -0.515. The topological polar surface area (TPSA) is 41.1 Å². The molecule has 1 saturated heterocycles. The normalized spacial score (nSPS) is 17.1. The second kappa shape index (κ2) is 9.32. The minimum absolute atomic E-state index is 0.200. The van der Waals surface area contributed by atoms with Crippen molar-refractivity contribution in [3.05, 3.63) is 46.9 Å². The molecule has 0 spiro atoms. The Hall–Kier alpha value is -2.16. The van der Waals surface area contributed by atoms with Crippen molar-refractivity contribution < 1.29 is 8.78 Å². The Bertz CT molecular complexity index is 1140.